The molecule has 124 valence electrons. The lowest BCUT2D eigenvalue weighted by molar-refractivity contribution is -0.121. The fourth-order valence-corrected chi connectivity index (χ4v) is 2.58. The van der Waals surface area contributed by atoms with Crippen LogP contribution in [0.15, 0.2) is 56.7 Å². The number of amides is 1. The molecule has 2 heterocycles. The van der Waals surface area contributed by atoms with Crippen molar-refractivity contribution < 1.29 is 9.21 Å². The summed E-state index contributed by atoms with van der Waals surface area (Å²) in [6, 6.07) is 10.6. The van der Waals surface area contributed by atoms with Crippen molar-refractivity contribution in [1.82, 2.24) is 14.5 Å². The van der Waals surface area contributed by atoms with Crippen molar-refractivity contribution in [3.8, 4) is 0 Å². The Morgan fingerprint density at radius 3 is 2.54 bits per heavy atom. The van der Waals surface area contributed by atoms with Crippen molar-refractivity contribution >= 4 is 16.9 Å². The SMILES string of the molecule is Cn1c(=O)c(=O)n(CCC(=O)NCc2ccco2)c2ccccc21. The van der Waals surface area contributed by atoms with Gasteiger partial charge in [-0.2, -0.15) is 0 Å². The lowest BCUT2D eigenvalue weighted by Crippen LogP contribution is -2.41. The number of fused-ring (bicyclic) bond motifs is 1. The highest BCUT2D eigenvalue weighted by Crippen LogP contribution is 2.09. The van der Waals surface area contributed by atoms with Gasteiger partial charge in [-0.3, -0.25) is 14.4 Å². The van der Waals surface area contributed by atoms with Gasteiger partial charge in [-0.15, -0.1) is 0 Å². The lowest BCUT2D eigenvalue weighted by Gasteiger charge is -2.12. The number of aryl methyl sites for hydroxylation is 2. The van der Waals surface area contributed by atoms with Crippen molar-refractivity contribution in [2.75, 3.05) is 0 Å². The third-order valence-corrected chi connectivity index (χ3v) is 3.87. The molecule has 0 saturated heterocycles. The average molecular weight is 327 g/mol. The summed E-state index contributed by atoms with van der Waals surface area (Å²) in [6.45, 7) is 0.428. The fraction of sp³-hybridized carbons (Fsp3) is 0.235. The summed E-state index contributed by atoms with van der Waals surface area (Å²) in [4.78, 5) is 36.2. The molecule has 1 N–H and O–H groups in total. The first-order valence-electron chi connectivity index (χ1n) is 7.55. The molecule has 7 heteroatoms. The van der Waals surface area contributed by atoms with Crippen LogP contribution < -0.4 is 16.4 Å². The van der Waals surface area contributed by atoms with E-state index in [4.69, 9.17) is 4.42 Å². The molecule has 0 aliphatic heterocycles. The summed E-state index contributed by atoms with van der Waals surface area (Å²) in [5.41, 5.74) is 0.0428. The molecule has 0 radical (unpaired) electrons. The minimum absolute atomic E-state index is 0.0950. The predicted molar refractivity (Wildman–Crippen MR) is 88.6 cm³/mol. The van der Waals surface area contributed by atoms with E-state index in [0.717, 1.165) is 0 Å². The molecule has 1 aromatic carbocycles. The molecule has 0 bridgehead atoms. The summed E-state index contributed by atoms with van der Waals surface area (Å²) in [6.07, 6.45) is 1.63. The normalized spacial score (nSPS) is 10.9. The first-order chi connectivity index (χ1) is 11.6. The first kappa shape index (κ1) is 15.8. The zero-order valence-electron chi connectivity index (χ0n) is 13.2. The smallest absolute Gasteiger partial charge is 0.316 e. The van der Waals surface area contributed by atoms with Crippen LogP contribution in [0.2, 0.25) is 0 Å². The van der Waals surface area contributed by atoms with Crippen molar-refractivity contribution in [1.29, 1.82) is 0 Å². The van der Waals surface area contributed by atoms with Crippen LogP contribution in [-0.4, -0.2) is 15.0 Å². The van der Waals surface area contributed by atoms with Crippen LogP contribution in [-0.2, 0) is 24.9 Å². The Bertz CT molecular complexity index is 983. The van der Waals surface area contributed by atoms with Crippen LogP contribution >= 0.6 is 0 Å². The number of para-hydroxylation sites is 2. The Morgan fingerprint density at radius 2 is 1.83 bits per heavy atom. The molecule has 0 aliphatic carbocycles. The highest BCUT2D eigenvalue weighted by molar-refractivity contribution is 5.77. The van der Waals surface area contributed by atoms with E-state index in [0.29, 0.717) is 16.8 Å². The van der Waals surface area contributed by atoms with Gasteiger partial charge < -0.3 is 18.9 Å². The van der Waals surface area contributed by atoms with Crippen molar-refractivity contribution in [2.24, 2.45) is 7.05 Å². The molecule has 7 nitrogen and oxygen atoms in total. The molecule has 1 amide bonds. The third kappa shape index (κ3) is 3.01. The van der Waals surface area contributed by atoms with Gasteiger partial charge in [-0.1, -0.05) is 12.1 Å². The zero-order valence-corrected chi connectivity index (χ0v) is 13.2. The van der Waals surface area contributed by atoms with E-state index in [-0.39, 0.29) is 25.4 Å². The second-order valence-corrected chi connectivity index (χ2v) is 5.42. The summed E-state index contributed by atoms with van der Waals surface area (Å²) in [5, 5.41) is 2.72. The maximum atomic E-state index is 12.2. The number of hydrogen-bond acceptors (Lipinski definition) is 4. The number of carbonyl (C=O) groups excluding carboxylic acids is 1. The number of hydrogen-bond donors (Lipinski definition) is 1. The van der Waals surface area contributed by atoms with Gasteiger partial charge in [0, 0.05) is 20.0 Å². The Kier molecular flexibility index (Phi) is 4.33. The standard InChI is InChI=1S/C17H17N3O4/c1-19-13-6-2-3-7-14(13)20(17(23)16(19)22)9-8-15(21)18-11-12-5-4-10-24-12/h2-7,10H,8-9,11H2,1H3,(H,18,21). The van der Waals surface area contributed by atoms with Crippen LogP contribution in [0.4, 0.5) is 0 Å². The van der Waals surface area contributed by atoms with Gasteiger partial charge in [0.25, 0.3) is 0 Å². The van der Waals surface area contributed by atoms with Crippen LogP contribution in [0, 0.1) is 0 Å². The van der Waals surface area contributed by atoms with Gasteiger partial charge in [0.05, 0.1) is 23.8 Å². The van der Waals surface area contributed by atoms with Crippen LogP contribution in [0.1, 0.15) is 12.2 Å². The van der Waals surface area contributed by atoms with E-state index in [9.17, 15) is 14.4 Å². The Hall–Kier alpha value is -3.09. The molecule has 0 atom stereocenters. The Balaban J connectivity index is 1.79. The molecule has 0 saturated carbocycles. The number of aromatic nitrogens is 2. The van der Waals surface area contributed by atoms with Crippen molar-refractivity contribution in [2.45, 2.75) is 19.5 Å². The van der Waals surface area contributed by atoms with E-state index in [2.05, 4.69) is 5.32 Å². The number of rotatable bonds is 5. The van der Waals surface area contributed by atoms with Crippen LogP contribution in [0.25, 0.3) is 11.0 Å². The van der Waals surface area contributed by atoms with Crippen LogP contribution in [0.5, 0.6) is 0 Å². The first-order valence-corrected chi connectivity index (χ1v) is 7.55. The molecular formula is C17H17N3O4. The summed E-state index contributed by atoms with van der Waals surface area (Å²) in [5.74, 6) is 0.433. The molecule has 0 unspecified atom stereocenters. The molecule has 0 spiro atoms. The van der Waals surface area contributed by atoms with Crippen molar-refractivity contribution in [3.63, 3.8) is 0 Å². The molecule has 3 aromatic rings. The molecular weight excluding hydrogens is 310 g/mol. The van der Waals surface area contributed by atoms with Gasteiger partial charge in [-0.25, -0.2) is 0 Å². The second kappa shape index (κ2) is 6.57. The maximum Gasteiger partial charge on any atom is 0.316 e. The predicted octanol–water partition coefficient (Wildman–Crippen LogP) is 1.000. The lowest BCUT2D eigenvalue weighted by atomic mass is 10.2. The minimum Gasteiger partial charge on any atom is -0.467 e. The van der Waals surface area contributed by atoms with Gasteiger partial charge in [0.1, 0.15) is 5.76 Å². The topological polar surface area (TPSA) is 86.2 Å². The van der Waals surface area contributed by atoms with Gasteiger partial charge in [0.15, 0.2) is 0 Å². The van der Waals surface area contributed by atoms with E-state index in [1.807, 2.05) is 0 Å². The summed E-state index contributed by atoms with van der Waals surface area (Å²) < 4.78 is 7.81. The molecule has 24 heavy (non-hydrogen) atoms. The number of benzene rings is 1. The Labute approximate surface area is 137 Å². The number of furan rings is 1. The summed E-state index contributed by atoms with van der Waals surface area (Å²) in [7, 11) is 1.56. The average Bonchev–Trinajstić information content (AvgIpc) is 3.11. The van der Waals surface area contributed by atoms with E-state index in [1.165, 1.54) is 15.4 Å². The van der Waals surface area contributed by atoms with E-state index < -0.39 is 11.1 Å². The quantitative estimate of drug-likeness (QED) is 0.708. The minimum atomic E-state index is -0.630. The maximum absolute atomic E-state index is 12.2. The fourth-order valence-electron chi connectivity index (χ4n) is 2.58. The van der Waals surface area contributed by atoms with Crippen molar-refractivity contribution in [3.05, 3.63) is 69.1 Å². The largest absolute Gasteiger partial charge is 0.467 e. The monoisotopic (exact) mass is 327 g/mol. The van der Waals surface area contributed by atoms with Gasteiger partial charge in [-0.05, 0) is 24.3 Å². The zero-order chi connectivity index (χ0) is 17.1. The third-order valence-electron chi connectivity index (χ3n) is 3.87. The van der Waals surface area contributed by atoms with Crippen LogP contribution in [0.3, 0.4) is 0 Å². The summed E-state index contributed by atoms with van der Waals surface area (Å²) >= 11 is 0. The van der Waals surface area contributed by atoms with Gasteiger partial charge >= 0.3 is 11.1 Å². The van der Waals surface area contributed by atoms with Gasteiger partial charge in [0.2, 0.25) is 5.91 Å². The molecule has 2 aromatic heterocycles. The van der Waals surface area contributed by atoms with E-state index in [1.54, 1.807) is 43.4 Å². The number of nitrogens with one attached hydrogen (secondary N) is 1. The molecule has 0 aliphatic rings. The number of nitrogens with zero attached hydrogens (tertiary/aromatic N) is 2. The molecule has 0 fully saturated rings. The second-order valence-electron chi connectivity index (χ2n) is 5.42. The highest BCUT2D eigenvalue weighted by atomic mass is 16.3. The number of carbonyl (C=O) groups is 1. The highest BCUT2D eigenvalue weighted by Gasteiger charge is 2.12. The van der Waals surface area contributed by atoms with E-state index >= 15 is 0 Å². The molecule has 3 rings (SSSR count). The Morgan fingerprint density at radius 1 is 1.08 bits per heavy atom.